The summed E-state index contributed by atoms with van der Waals surface area (Å²) in [5.41, 5.74) is 2.61. The van der Waals surface area contributed by atoms with Crippen LogP contribution >= 0.6 is 0 Å². The van der Waals surface area contributed by atoms with Gasteiger partial charge in [-0.05, 0) is 36.8 Å². The Morgan fingerprint density at radius 1 is 1.20 bits per heavy atom. The molecule has 0 aliphatic carbocycles. The summed E-state index contributed by atoms with van der Waals surface area (Å²) in [6, 6.07) is 7.21. The Balaban J connectivity index is 2.02. The van der Waals surface area contributed by atoms with Crippen molar-refractivity contribution in [1.29, 1.82) is 0 Å². The highest BCUT2D eigenvalue weighted by atomic mass is 16.6. The third-order valence-corrected chi connectivity index (χ3v) is 3.14. The normalized spacial score (nSPS) is 13.1. The molecule has 0 saturated carbocycles. The van der Waals surface area contributed by atoms with Gasteiger partial charge in [-0.15, -0.1) is 0 Å². The Bertz CT molecular complexity index is 682. The fourth-order valence-electron chi connectivity index (χ4n) is 2.18. The molecule has 0 atom stereocenters. The van der Waals surface area contributed by atoms with Crippen molar-refractivity contribution in [2.75, 3.05) is 13.2 Å². The van der Waals surface area contributed by atoms with E-state index < -0.39 is 5.97 Å². The van der Waals surface area contributed by atoms with Crippen molar-refractivity contribution >= 4 is 5.97 Å². The number of aromatic carboxylic acids is 1. The summed E-state index contributed by atoms with van der Waals surface area (Å²) in [7, 11) is 0. The predicted octanol–water partition coefficient (Wildman–Crippen LogP) is 2.53. The first-order valence-electron chi connectivity index (χ1n) is 6.25. The van der Waals surface area contributed by atoms with Crippen molar-refractivity contribution in [1.82, 2.24) is 4.98 Å². The molecule has 0 fully saturated rings. The first kappa shape index (κ1) is 12.5. The van der Waals surface area contributed by atoms with Crippen LogP contribution in [0.5, 0.6) is 11.5 Å². The van der Waals surface area contributed by atoms with Gasteiger partial charge < -0.3 is 14.6 Å². The van der Waals surface area contributed by atoms with Gasteiger partial charge in [0.05, 0.1) is 11.3 Å². The van der Waals surface area contributed by atoms with E-state index in [-0.39, 0.29) is 5.56 Å². The van der Waals surface area contributed by atoms with E-state index >= 15 is 0 Å². The minimum atomic E-state index is -0.977. The van der Waals surface area contributed by atoms with Gasteiger partial charge in [0.15, 0.2) is 11.5 Å². The van der Waals surface area contributed by atoms with Crippen molar-refractivity contribution in [3.63, 3.8) is 0 Å². The molecule has 2 heterocycles. The summed E-state index contributed by atoms with van der Waals surface area (Å²) in [6.07, 6.45) is 1.36. The maximum absolute atomic E-state index is 10.9. The van der Waals surface area contributed by atoms with Crippen LogP contribution in [0.15, 0.2) is 30.5 Å². The molecule has 5 nitrogen and oxygen atoms in total. The van der Waals surface area contributed by atoms with Gasteiger partial charge in [-0.3, -0.25) is 4.98 Å². The van der Waals surface area contributed by atoms with Gasteiger partial charge in [-0.2, -0.15) is 0 Å². The number of nitrogens with zero attached hydrogens (tertiary/aromatic N) is 1. The Morgan fingerprint density at radius 3 is 2.65 bits per heavy atom. The van der Waals surface area contributed by atoms with Crippen LogP contribution in [0, 0.1) is 6.92 Å². The minimum absolute atomic E-state index is 0.184. The third kappa shape index (κ3) is 2.18. The highest BCUT2D eigenvalue weighted by Gasteiger charge is 2.14. The third-order valence-electron chi connectivity index (χ3n) is 3.14. The zero-order chi connectivity index (χ0) is 14.1. The minimum Gasteiger partial charge on any atom is -0.486 e. The first-order chi connectivity index (χ1) is 9.65. The molecule has 0 bridgehead atoms. The molecule has 5 heteroatoms. The van der Waals surface area contributed by atoms with E-state index in [9.17, 15) is 4.79 Å². The van der Waals surface area contributed by atoms with Crippen LogP contribution in [-0.2, 0) is 0 Å². The average Bonchev–Trinajstić information content (AvgIpc) is 2.46. The Hall–Kier alpha value is -2.56. The van der Waals surface area contributed by atoms with Gasteiger partial charge in [-0.25, -0.2) is 4.79 Å². The lowest BCUT2D eigenvalue weighted by Gasteiger charge is -2.19. The number of pyridine rings is 1. The van der Waals surface area contributed by atoms with Gasteiger partial charge in [0.2, 0.25) is 0 Å². The fourth-order valence-corrected chi connectivity index (χ4v) is 2.18. The number of hydrogen-bond donors (Lipinski definition) is 1. The lowest BCUT2D eigenvalue weighted by Crippen LogP contribution is -2.15. The highest BCUT2D eigenvalue weighted by Crippen LogP contribution is 2.34. The molecular formula is C15H13NO4. The van der Waals surface area contributed by atoms with E-state index in [1.54, 1.807) is 6.07 Å². The number of carbonyl (C=O) groups is 1. The summed E-state index contributed by atoms with van der Waals surface area (Å²) >= 11 is 0. The van der Waals surface area contributed by atoms with E-state index in [1.807, 2.05) is 25.1 Å². The predicted molar refractivity (Wildman–Crippen MR) is 72.4 cm³/mol. The molecular weight excluding hydrogens is 258 g/mol. The van der Waals surface area contributed by atoms with E-state index in [0.717, 1.165) is 22.6 Å². The van der Waals surface area contributed by atoms with E-state index in [4.69, 9.17) is 14.6 Å². The summed E-state index contributed by atoms with van der Waals surface area (Å²) < 4.78 is 11.0. The molecule has 1 aromatic heterocycles. The van der Waals surface area contributed by atoms with Gasteiger partial charge in [-0.1, -0.05) is 0 Å². The van der Waals surface area contributed by atoms with Gasteiger partial charge in [0, 0.05) is 11.8 Å². The van der Waals surface area contributed by atoms with Crippen LogP contribution in [0.1, 0.15) is 15.9 Å². The number of hydrogen-bond acceptors (Lipinski definition) is 4. The smallest absolute Gasteiger partial charge is 0.337 e. The molecule has 102 valence electrons. The molecule has 3 rings (SSSR count). The summed E-state index contributed by atoms with van der Waals surface area (Å²) in [5, 5.41) is 8.95. The number of benzene rings is 1. The number of carboxylic acids is 1. The van der Waals surface area contributed by atoms with E-state index in [2.05, 4.69) is 4.98 Å². The number of ether oxygens (including phenoxy) is 2. The second-order valence-electron chi connectivity index (χ2n) is 4.55. The first-order valence-corrected chi connectivity index (χ1v) is 6.25. The monoisotopic (exact) mass is 271 g/mol. The van der Waals surface area contributed by atoms with Crippen LogP contribution in [0.2, 0.25) is 0 Å². The van der Waals surface area contributed by atoms with Crippen LogP contribution in [0.4, 0.5) is 0 Å². The zero-order valence-electron chi connectivity index (χ0n) is 10.9. The van der Waals surface area contributed by atoms with E-state index in [0.29, 0.717) is 19.0 Å². The topological polar surface area (TPSA) is 68.7 Å². The Morgan fingerprint density at radius 2 is 1.95 bits per heavy atom. The maximum Gasteiger partial charge on any atom is 0.337 e. The van der Waals surface area contributed by atoms with Crippen molar-refractivity contribution in [2.45, 2.75) is 6.92 Å². The van der Waals surface area contributed by atoms with Crippen molar-refractivity contribution in [3.8, 4) is 22.8 Å². The standard InChI is InChI=1S/C15H13NO4/c1-9-6-11(15(17)18)8-16-14(9)10-2-3-12-13(7-10)20-5-4-19-12/h2-3,6-8H,4-5H2,1H3,(H,17,18). The molecule has 20 heavy (non-hydrogen) atoms. The molecule has 1 N–H and O–H groups in total. The van der Waals surface area contributed by atoms with Crippen LogP contribution in [0.25, 0.3) is 11.3 Å². The van der Waals surface area contributed by atoms with Gasteiger partial charge in [0.25, 0.3) is 0 Å². The second-order valence-corrected chi connectivity index (χ2v) is 4.55. The number of rotatable bonds is 2. The fraction of sp³-hybridized carbons (Fsp3) is 0.200. The lowest BCUT2D eigenvalue weighted by molar-refractivity contribution is 0.0696. The molecule has 0 radical (unpaired) electrons. The van der Waals surface area contributed by atoms with Gasteiger partial charge >= 0.3 is 5.97 Å². The average molecular weight is 271 g/mol. The Kier molecular flexibility index (Phi) is 3.02. The number of aryl methyl sites for hydroxylation is 1. The molecule has 0 spiro atoms. The molecule has 1 aliphatic heterocycles. The van der Waals surface area contributed by atoms with Crippen molar-refractivity contribution < 1.29 is 19.4 Å². The van der Waals surface area contributed by atoms with Crippen LogP contribution in [0.3, 0.4) is 0 Å². The SMILES string of the molecule is Cc1cc(C(=O)O)cnc1-c1ccc2c(c1)OCCO2. The summed E-state index contributed by atoms with van der Waals surface area (Å²) in [4.78, 5) is 15.2. The quantitative estimate of drug-likeness (QED) is 0.909. The number of fused-ring (bicyclic) bond motifs is 1. The van der Waals surface area contributed by atoms with Crippen LogP contribution in [-0.4, -0.2) is 29.3 Å². The van der Waals surface area contributed by atoms with E-state index in [1.165, 1.54) is 6.20 Å². The lowest BCUT2D eigenvalue weighted by atomic mass is 10.0. The molecule has 0 saturated heterocycles. The molecule has 2 aromatic rings. The van der Waals surface area contributed by atoms with Crippen molar-refractivity contribution in [2.24, 2.45) is 0 Å². The Labute approximate surface area is 115 Å². The molecule has 1 aromatic carbocycles. The van der Waals surface area contributed by atoms with Crippen molar-refractivity contribution in [3.05, 3.63) is 41.6 Å². The van der Waals surface area contributed by atoms with Crippen LogP contribution < -0.4 is 9.47 Å². The zero-order valence-corrected chi connectivity index (χ0v) is 10.9. The molecule has 0 unspecified atom stereocenters. The van der Waals surface area contributed by atoms with Gasteiger partial charge in [0.1, 0.15) is 13.2 Å². The maximum atomic E-state index is 10.9. The largest absolute Gasteiger partial charge is 0.486 e. The number of carboxylic acid groups (broad SMARTS) is 1. The number of aromatic nitrogens is 1. The summed E-state index contributed by atoms with van der Waals surface area (Å²) in [5.74, 6) is 0.436. The second kappa shape index (κ2) is 4.85. The molecule has 1 aliphatic rings. The molecule has 0 amide bonds. The summed E-state index contributed by atoms with van der Waals surface area (Å²) in [6.45, 7) is 2.92. The highest BCUT2D eigenvalue weighted by molar-refractivity contribution is 5.88.